The molecule has 3 aromatic carbocycles. The first-order chi connectivity index (χ1) is 18.5. The van der Waals surface area contributed by atoms with Gasteiger partial charge in [0.05, 0.1) is 52.4 Å². The maximum absolute atomic E-state index is 15.2. The minimum absolute atomic E-state index is 0.00927. The molecule has 6 rings (SSSR count). The Morgan fingerprint density at radius 2 is 1.76 bits per heavy atom. The van der Waals surface area contributed by atoms with E-state index in [0.717, 1.165) is 5.39 Å². The molecule has 0 atom stereocenters. The largest absolute Gasteiger partial charge is 0.378 e. The van der Waals surface area contributed by atoms with Crippen LogP contribution in [0, 0.1) is 11.6 Å². The van der Waals surface area contributed by atoms with Gasteiger partial charge in [-0.25, -0.2) is 8.78 Å². The van der Waals surface area contributed by atoms with Gasteiger partial charge in [-0.1, -0.05) is 41.9 Å². The molecule has 0 bridgehead atoms. The van der Waals surface area contributed by atoms with E-state index in [9.17, 15) is 4.79 Å². The van der Waals surface area contributed by atoms with Crippen molar-refractivity contribution in [1.29, 1.82) is 0 Å². The molecule has 1 aliphatic heterocycles. The Morgan fingerprint density at radius 3 is 2.61 bits per heavy atom. The zero-order chi connectivity index (χ0) is 26.2. The molecule has 1 amide bonds. The van der Waals surface area contributed by atoms with E-state index in [0.29, 0.717) is 54.1 Å². The Hall–Kier alpha value is -4.14. The lowest BCUT2D eigenvalue weighted by molar-refractivity contribution is 0.102. The molecule has 1 saturated heterocycles. The van der Waals surface area contributed by atoms with Crippen LogP contribution >= 0.6 is 11.6 Å². The summed E-state index contributed by atoms with van der Waals surface area (Å²) >= 11 is 6.01. The number of ether oxygens (including phenoxy) is 1. The van der Waals surface area contributed by atoms with E-state index in [1.807, 2.05) is 24.3 Å². The first-order valence-corrected chi connectivity index (χ1v) is 12.4. The van der Waals surface area contributed by atoms with Gasteiger partial charge < -0.3 is 15.0 Å². The molecule has 190 valence electrons. The zero-order valence-electron chi connectivity index (χ0n) is 20.0. The van der Waals surface area contributed by atoms with Crippen LogP contribution in [0.2, 0.25) is 5.02 Å². The van der Waals surface area contributed by atoms with Gasteiger partial charge in [-0.05, 0) is 30.3 Å². The number of anilines is 2. The maximum atomic E-state index is 15.2. The third kappa shape index (κ3) is 4.21. The highest BCUT2D eigenvalue weighted by Gasteiger charge is 2.24. The van der Waals surface area contributed by atoms with Crippen molar-refractivity contribution in [2.75, 3.05) is 36.5 Å². The highest BCUT2D eigenvalue weighted by molar-refractivity contribution is 6.31. The summed E-state index contributed by atoms with van der Waals surface area (Å²) in [5.41, 5.74) is 2.57. The van der Waals surface area contributed by atoms with Gasteiger partial charge >= 0.3 is 0 Å². The van der Waals surface area contributed by atoms with Gasteiger partial charge in [0.15, 0.2) is 0 Å². The number of hydrogen-bond acceptors (Lipinski definition) is 5. The molecule has 0 radical (unpaired) electrons. The molecule has 3 heterocycles. The number of rotatable bonds is 4. The molecule has 2 aromatic heterocycles. The van der Waals surface area contributed by atoms with Gasteiger partial charge in [0.25, 0.3) is 5.91 Å². The number of benzene rings is 3. The van der Waals surface area contributed by atoms with Gasteiger partial charge in [0.2, 0.25) is 0 Å². The number of para-hydroxylation sites is 1. The molecule has 1 fully saturated rings. The molecular formula is C29H21ClF2N4O2. The van der Waals surface area contributed by atoms with Gasteiger partial charge in [-0.15, -0.1) is 0 Å². The van der Waals surface area contributed by atoms with Crippen LogP contribution in [0.3, 0.4) is 0 Å². The van der Waals surface area contributed by atoms with Crippen LogP contribution in [-0.4, -0.2) is 42.2 Å². The van der Waals surface area contributed by atoms with E-state index in [1.54, 1.807) is 24.4 Å². The van der Waals surface area contributed by atoms with Crippen molar-refractivity contribution in [2.45, 2.75) is 0 Å². The second kappa shape index (κ2) is 9.96. The standard InChI is InChI=1S/C29H21ClF2N4O2/c30-21-6-3-5-19(26(21)32)25-22(31)9-8-20-27(25)34-16-24(28(20)36-12-14-38-15-13-36)35-29(37)18-10-11-33-23-7-2-1-4-17(18)23/h1-11,16H,12-15H2,(H,35,37). The zero-order valence-corrected chi connectivity index (χ0v) is 20.8. The fourth-order valence-electron chi connectivity index (χ4n) is 4.88. The van der Waals surface area contributed by atoms with E-state index in [-0.39, 0.29) is 27.6 Å². The van der Waals surface area contributed by atoms with Crippen LogP contribution in [-0.2, 0) is 4.74 Å². The Kier molecular flexibility index (Phi) is 6.35. The first-order valence-electron chi connectivity index (χ1n) is 12.1. The number of carbonyl (C=O) groups is 1. The molecule has 0 spiro atoms. The average Bonchev–Trinajstić information content (AvgIpc) is 2.95. The lowest BCUT2D eigenvalue weighted by Gasteiger charge is -2.31. The Labute approximate surface area is 221 Å². The number of nitrogens with one attached hydrogen (secondary N) is 1. The van der Waals surface area contributed by atoms with E-state index in [1.165, 1.54) is 24.4 Å². The van der Waals surface area contributed by atoms with Crippen molar-refractivity contribution in [2.24, 2.45) is 0 Å². The average molecular weight is 531 g/mol. The van der Waals surface area contributed by atoms with Gasteiger partial charge in [0.1, 0.15) is 11.6 Å². The van der Waals surface area contributed by atoms with Crippen molar-refractivity contribution in [3.05, 3.63) is 95.3 Å². The predicted octanol–water partition coefficient (Wildman–Crippen LogP) is 6.47. The lowest BCUT2D eigenvalue weighted by Crippen LogP contribution is -2.37. The number of carbonyl (C=O) groups excluding carboxylic acids is 1. The first kappa shape index (κ1) is 24.2. The van der Waals surface area contributed by atoms with Crippen molar-refractivity contribution < 1.29 is 18.3 Å². The summed E-state index contributed by atoms with van der Waals surface area (Å²) in [7, 11) is 0. The van der Waals surface area contributed by atoms with E-state index < -0.39 is 11.6 Å². The number of pyridine rings is 2. The molecule has 1 N–H and O–H groups in total. The summed E-state index contributed by atoms with van der Waals surface area (Å²) < 4.78 is 35.8. The number of nitrogens with zero attached hydrogens (tertiary/aromatic N) is 3. The van der Waals surface area contributed by atoms with Crippen LogP contribution in [0.15, 0.2) is 73.1 Å². The number of morpholine rings is 1. The predicted molar refractivity (Wildman–Crippen MR) is 145 cm³/mol. The monoisotopic (exact) mass is 530 g/mol. The van der Waals surface area contributed by atoms with Crippen molar-refractivity contribution in [3.63, 3.8) is 0 Å². The molecule has 0 unspecified atom stereocenters. The van der Waals surface area contributed by atoms with Crippen molar-refractivity contribution in [3.8, 4) is 11.1 Å². The minimum atomic E-state index is -0.725. The maximum Gasteiger partial charge on any atom is 0.256 e. The third-order valence-corrected chi connectivity index (χ3v) is 6.94. The molecule has 5 aromatic rings. The fraction of sp³-hybridized carbons (Fsp3) is 0.138. The number of amides is 1. The number of fused-ring (bicyclic) bond motifs is 2. The molecule has 1 aliphatic rings. The fourth-order valence-corrected chi connectivity index (χ4v) is 5.06. The van der Waals surface area contributed by atoms with E-state index >= 15 is 8.78 Å². The Balaban J connectivity index is 1.52. The molecule has 9 heteroatoms. The summed E-state index contributed by atoms with van der Waals surface area (Å²) in [5.74, 6) is -1.68. The molecular weight excluding hydrogens is 510 g/mol. The number of hydrogen-bond donors (Lipinski definition) is 1. The molecule has 6 nitrogen and oxygen atoms in total. The van der Waals surface area contributed by atoms with Gasteiger partial charge in [0, 0.05) is 41.2 Å². The van der Waals surface area contributed by atoms with E-state index in [4.69, 9.17) is 16.3 Å². The topological polar surface area (TPSA) is 67.4 Å². The van der Waals surface area contributed by atoms with E-state index in [2.05, 4.69) is 20.2 Å². The summed E-state index contributed by atoms with van der Waals surface area (Å²) in [5, 5.41) is 4.18. The Morgan fingerprint density at radius 1 is 0.947 bits per heavy atom. The van der Waals surface area contributed by atoms with Gasteiger partial charge in [-0.3, -0.25) is 14.8 Å². The quantitative estimate of drug-likeness (QED) is 0.288. The SMILES string of the molecule is O=C(Nc1cnc2c(-c3cccc(Cl)c3F)c(F)ccc2c1N1CCOCC1)c1ccnc2ccccc12. The van der Waals surface area contributed by atoms with Crippen LogP contribution in [0.25, 0.3) is 32.9 Å². The lowest BCUT2D eigenvalue weighted by atomic mass is 9.99. The normalized spacial score (nSPS) is 13.7. The number of aromatic nitrogens is 2. The molecule has 0 saturated carbocycles. The van der Waals surface area contributed by atoms with Crippen molar-refractivity contribution >= 4 is 50.7 Å². The smallest absolute Gasteiger partial charge is 0.256 e. The second-order valence-electron chi connectivity index (χ2n) is 8.87. The van der Waals surface area contributed by atoms with Crippen LogP contribution in [0.1, 0.15) is 10.4 Å². The van der Waals surface area contributed by atoms with Crippen LogP contribution in [0.4, 0.5) is 20.2 Å². The Bertz CT molecular complexity index is 1700. The van der Waals surface area contributed by atoms with Crippen LogP contribution in [0.5, 0.6) is 0 Å². The summed E-state index contributed by atoms with van der Waals surface area (Å²) in [6, 6.07) is 16.4. The summed E-state index contributed by atoms with van der Waals surface area (Å²) in [6.45, 7) is 2.09. The summed E-state index contributed by atoms with van der Waals surface area (Å²) in [6.07, 6.45) is 3.08. The van der Waals surface area contributed by atoms with Crippen LogP contribution < -0.4 is 10.2 Å². The third-order valence-electron chi connectivity index (χ3n) is 6.65. The summed E-state index contributed by atoms with van der Waals surface area (Å²) in [4.78, 5) is 24.4. The van der Waals surface area contributed by atoms with Crippen molar-refractivity contribution in [1.82, 2.24) is 9.97 Å². The minimum Gasteiger partial charge on any atom is -0.378 e. The van der Waals surface area contributed by atoms with Gasteiger partial charge in [-0.2, -0.15) is 0 Å². The molecule has 0 aliphatic carbocycles. The molecule has 38 heavy (non-hydrogen) atoms. The second-order valence-corrected chi connectivity index (χ2v) is 9.28. The number of halogens is 3. The highest BCUT2D eigenvalue weighted by atomic mass is 35.5. The highest BCUT2D eigenvalue weighted by Crippen LogP contribution is 2.40.